The molecular weight excluding hydrogens is 200 g/mol. The van der Waals surface area contributed by atoms with Crippen LogP contribution in [-0.2, 0) is 14.3 Å². The van der Waals surface area contributed by atoms with Gasteiger partial charge in [-0.15, -0.1) is 0 Å². The van der Waals surface area contributed by atoms with Crippen molar-refractivity contribution in [1.82, 2.24) is 0 Å². The van der Waals surface area contributed by atoms with Gasteiger partial charge in [-0.2, -0.15) is 0 Å². The van der Waals surface area contributed by atoms with Gasteiger partial charge < -0.3 is 19.7 Å². The number of hydrogen-bond acceptors (Lipinski definition) is 5. The van der Waals surface area contributed by atoms with Crippen LogP contribution in [0.2, 0.25) is 0 Å². The number of rotatable bonds is 6. The van der Waals surface area contributed by atoms with Gasteiger partial charge in [-0.25, -0.2) is 4.79 Å². The van der Waals surface area contributed by atoms with E-state index in [1.807, 2.05) is 0 Å². The van der Waals surface area contributed by atoms with Crippen LogP contribution in [0.25, 0.3) is 0 Å². The fourth-order valence-corrected chi connectivity index (χ4v) is 0.968. The molecule has 0 bridgehead atoms. The third-order valence-corrected chi connectivity index (χ3v) is 1.48. The average Bonchev–Trinajstić information content (AvgIpc) is 2.00. The molecule has 0 radical (unpaired) electrons. The van der Waals surface area contributed by atoms with E-state index in [0.717, 1.165) is 0 Å². The summed E-state index contributed by atoms with van der Waals surface area (Å²) < 4.78 is 9.73. The largest absolute Gasteiger partial charge is 0.461 e. The van der Waals surface area contributed by atoms with Crippen molar-refractivity contribution in [3.05, 3.63) is 0 Å². The van der Waals surface area contributed by atoms with Crippen LogP contribution >= 0.6 is 0 Å². The lowest BCUT2D eigenvalue weighted by atomic mass is 10.2. The maximum atomic E-state index is 11.1. The van der Waals surface area contributed by atoms with Crippen molar-refractivity contribution < 1.29 is 24.5 Å². The van der Waals surface area contributed by atoms with E-state index in [2.05, 4.69) is 0 Å². The fraction of sp³-hybridized carbons (Fsp3) is 0.900. The zero-order valence-corrected chi connectivity index (χ0v) is 9.64. The molecule has 5 nitrogen and oxygen atoms in total. The van der Waals surface area contributed by atoms with Gasteiger partial charge in [-0.1, -0.05) is 0 Å². The Labute approximate surface area is 90.0 Å². The molecule has 2 atom stereocenters. The maximum absolute atomic E-state index is 11.1. The van der Waals surface area contributed by atoms with E-state index in [1.54, 1.807) is 27.7 Å². The van der Waals surface area contributed by atoms with Gasteiger partial charge in [0.25, 0.3) is 0 Å². The van der Waals surface area contributed by atoms with Gasteiger partial charge >= 0.3 is 5.97 Å². The lowest BCUT2D eigenvalue weighted by molar-refractivity contribution is -0.172. The number of carbonyl (C=O) groups excluding carboxylic acids is 1. The van der Waals surface area contributed by atoms with E-state index < -0.39 is 18.4 Å². The van der Waals surface area contributed by atoms with Crippen molar-refractivity contribution in [2.75, 3.05) is 0 Å². The van der Waals surface area contributed by atoms with Gasteiger partial charge in [-0.3, -0.25) is 0 Å². The van der Waals surface area contributed by atoms with Crippen LogP contribution in [0.1, 0.15) is 34.1 Å². The van der Waals surface area contributed by atoms with Crippen LogP contribution in [0.4, 0.5) is 0 Å². The third kappa shape index (κ3) is 7.30. The number of aliphatic hydroxyl groups is 2. The van der Waals surface area contributed by atoms with E-state index in [0.29, 0.717) is 0 Å². The van der Waals surface area contributed by atoms with Gasteiger partial charge in [-0.05, 0) is 27.7 Å². The van der Waals surface area contributed by atoms with Crippen LogP contribution in [0.15, 0.2) is 0 Å². The summed E-state index contributed by atoms with van der Waals surface area (Å²) in [5, 5.41) is 18.6. The van der Waals surface area contributed by atoms with Gasteiger partial charge in [0.15, 0.2) is 12.4 Å². The Morgan fingerprint density at radius 1 is 1.13 bits per heavy atom. The first-order valence-electron chi connectivity index (χ1n) is 5.05. The summed E-state index contributed by atoms with van der Waals surface area (Å²) in [6.07, 6.45) is -3.12. The second-order valence-corrected chi connectivity index (χ2v) is 3.88. The van der Waals surface area contributed by atoms with Crippen LogP contribution < -0.4 is 0 Å². The van der Waals surface area contributed by atoms with E-state index >= 15 is 0 Å². The van der Waals surface area contributed by atoms with E-state index in [4.69, 9.17) is 9.47 Å². The summed E-state index contributed by atoms with van der Waals surface area (Å²) >= 11 is 0. The zero-order valence-electron chi connectivity index (χ0n) is 9.64. The molecular formula is C10H20O5. The smallest absolute Gasteiger partial charge is 0.335 e. The van der Waals surface area contributed by atoms with E-state index in [9.17, 15) is 15.0 Å². The molecule has 0 amide bonds. The van der Waals surface area contributed by atoms with Gasteiger partial charge in [0.05, 0.1) is 12.2 Å². The predicted octanol–water partition coefficient (Wildman–Crippen LogP) is 0.432. The maximum Gasteiger partial charge on any atom is 0.335 e. The first-order chi connectivity index (χ1) is 6.82. The Hall–Kier alpha value is -0.650. The predicted molar refractivity (Wildman–Crippen MR) is 54.1 cm³/mol. The molecule has 0 aliphatic rings. The molecule has 0 heterocycles. The number of esters is 1. The van der Waals surface area contributed by atoms with Gasteiger partial charge in [0, 0.05) is 6.42 Å². The summed E-state index contributed by atoms with van der Waals surface area (Å²) in [6.45, 7) is 6.88. The summed E-state index contributed by atoms with van der Waals surface area (Å²) in [6, 6.07) is 0. The molecule has 0 aliphatic carbocycles. The topological polar surface area (TPSA) is 76.0 Å². The first-order valence-corrected chi connectivity index (χ1v) is 5.05. The molecule has 0 aromatic heterocycles. The second kappa shape index (κ2) is 6.76. The number of aliphatic hydroxyl groups excluding tert-OH is 2. The summed E-state index contributed by atoms with van der Waals surface area (Å²) in [4.78, 5) is 11.1. The highest BCUT2D eigenvalue weighted by Crippen LogP contribution is 2.05. The minimum Gasteiger partial charge on any atom is -0.461 e. The highest BCUT2D eigenvalue weighted by atomic mass is 16.6. The Balaban J connectivity index is 3.90. The highest BCUT2D eigenvalue weighted by Gasteiger charge is 2.22. The van der Waals surface area contributed by atoms with Crippen molar-refractivity contribution in [3.63, 3.8) is 0 Å². The molecule has 0 aliphatic heterocycles. The van der Waals surface area contributed by atoms with E-state index in [-0.39, 0.29) is 18.6 Å². The molecule has 0 rings (SSSR count). The Morgan fingerprint density at radius 2 is 1.67 bits per heavy atom. The lowest BCUT2D eigenvalue weighted by Crippen LogP contribution is -2.31. The number of hydrogen-bond donors (Lipinski definition) is 2. The SMILES string of the molecule is CC(C)OC(=O)C(O)CC(O)OC(C)C. The third-order valence-electron chi connectivity index (χ3n) is 1.48. The van der Waals surface area contributed by atoms with Crippen LogP contribution in [0, 0.1) is 0 Å². The molecule has 0 fully saturated rings. The standard InChI is InChI=1S/C10H20O5/c1-6(2)14-9(12)5-8(11)10(13)15-7(3)4/h6-9,11-12H,5H2,1-4H3. The lowest BCUT2D eigenvalue weighted by Gasteiger charge is -2.18. The second-order valence-electron chi connectivity index (χ2n) is 3.88. The molecule has 5 heteroatoms. The minimum atomic E-state index is -1.35. The quantitative estimate of drug-likeness (QED) is 0.501. The van der Waals surface area contributed by atoms with Crippen LogP contribution in [-0.4, -0.2) is 40.8 Å². The molecule has 15 heavy (non-hydrogen) atoms. The van der Waals surface area contributed by atoms with Crippen molar-refractivity contribution in [1.29, 1.82) is 0 Å². The Morgan fingerprint density at radius 3 is 2.07 bits per heavy atom. The van der Waals surface area contributed by atoms with Crippen LogP contribution in [0.5, 0.6) is 0 Å². The number of carbonyl (C=O) groups is 1. The van der Waals surface area contributed by atoms with Crippen molar-refractivity contribution in [3.8, 4) is 0 Å². The van der Waals surface area contributed by atoms with Gasteiger partial charge in [0.2, 0.25) is 0 Å². The normalized spacial score (nSPS) is 15.5. The molecule has 0 saturated carbocycles. The molecule has 0 spiro atoms. The minimum absolute atomic E-state index is 0.159. The Kier molecular flexibility index (Phi) is 6.47. The number of ether oxygens (including phenoxy) is 2. The Bertz CT molecular complexity index is 190. The zero-order chi connectivity index (χ0) is 12.0. The van der Waals surface area contributed by atoms with Crippen LogP contribution in [0.3, 0.4) is 0 Å². The molecule has 0 saturated heterocycles. The molecule has 90 valence electrons. The van der Waals surface area contributed by atoms with Gasteiger partial charge in [0.1, 0.15) is 0 Å². The van der Waals surface area contributed by atoms with Crippen molar-refractivity contribution in [2.45, 2.75) is 58.7 Å². The summed E-state index contributed by atoms with van der Waals surface area (Å²) in [5.74, 6) is -0.739. The molecule has 0 aromatic carbocycles. The molecule has 2 N–H and O–H groups in total. The first kappa shape index (κ1) is 14.3. The fourth-order valence-electron chi connectivity index (χ4n) is 0.968. The summed E-state index contributed by atoms with van der Waals surface area (Å²) in [7, 11) is 0. The molecule has 0 aromatic rings. The summed E-state index contributed by atoms with van der Waals surface area (Å²) in [5.41, 5.74) is 0. The van der Waals surface area contributed by atoms with Crippen molar-refractivity contribution >= 4 is 5.97 Å². The van der Waals surface area contributed by atoms with E-state index in [1.165, 1.54) is 0 Å². The molecule has 2 unspecified atom stereocenters. The average molecular weight is 220 g/mol. The highest BCUT2D eigenvalue weighted by molar-refractivity contribution is 5.74. The van der Waals surface area contributed by atoms with Crippen molar-refractivity contribution in [2.24, 2.45) is 0 Å². The monoisotopic (exact) mass is 220 g/mol.